The van der Waals surface area contributed by atoms with Gasteiger partial charge in [0.2, 0.25) is 5.91 Å². The highest BCUT2D eigenvalue weighted by Crippen LogP contribution is 2.36. The van der Waals surface area contributed by atoms with Gasteiger partial charge in [0.05, 0.1) is 12.8 Å². The summed E-state index contributed by atoms with van der Waals surface area (Å²) in [5, 5.41) is 2.81. The number of hydrogen-bond acceptors (Lipinski definition) is 3. The zero-order valence-corrected chi connectivity index (χ0v) is 12.8. The molecule has 0 aromatic carbocycles. The number of hydrogen-bond donors (Lipinski definition) is 1. The van der Waals surface area contributed by atoms with Gasteiger partial charge in [-0.3, -0.25) is 9.69 Å². The van der Waals surface area contributed by atoms with Crippen molar-refractivity contribution >= 4 is 5.91 Å². The van der Waals surface area contributed by atoms with Crippen molar-refractivity contribution < 1.29 is 9.53 Å². The first-order valence-electron chi connectivity index (χ1n) is 7.55. The largest absolute Gasteiger partial charge is 0.500 e. The van der Waals surface area contributed by atoms with Crippen LogP contribution in [0.5, 0.6) is 0 Å². The number of methoxy groups -OCH3 is 1. The van der Waals surface area contributed by atoms with Crippen LogP contribution in [0.1, 0.15) is 39.5 Å². The summed E-state index contributed by atoms with van der Waals surface area (Å²) in [6, 6.07) is 0.772. The quantitative estimate of drug-likeness (QED) is 0.620. The lowest BCUT2D eigenvalue weighted by molar-refractivity contribution is -0.115. The Kier molecular flexibility index (Phi) is 5.24. The van der Waals surface area contributed by atoms with E-state index in [1.807, 2.05) is 19.9 Å². The molecule has 2 aliphatic rings. The fourth-order valence-electron chi connectivity index (χ4n) is 3.15. The zero-order chi connectivity index (χ0) is 14.5. The van der Waals surface area contributed by atoms with E-state index in [-0.39, 0.29) is 5.91 Å². The van der Waals surface area contributed by atoms with E-state index in [1.165, 1.54) is 32.2 Å². The van der Waals surface area contributed by atoms with E-state index < -0.39 is 0 Å². The fraction of sp³-hybridized carbons (Fsp3) is 0.688. The molecule has 0 aromatic rings. The molecule has 1 amide bonds. The van der Waals surface area contributed by atoms with Crippen molar-refractivity contribution in [3.63, 3.8) is 0 Å². The van der Waals surface area contributed by atoms with E-state index in [0.717, 1.165) is 30.0 Å². The highest BCUT2D eigenvalue weighted by molar-refractivity contribution is 5.88. The van der Waals surface area contributed by atoms with Crippen LogP contribution in [0.15, 0.2) is 23.6 Å². The number of nitrogens with zero attached hydrogens (tertiary/aromatic N) is 1. The van der Waals surface area contributed by atoms with Crippen LogP contribution >= 0.6 is 0 Å². The number of carbonyl (C=O) groups is 1. The first-order chi connectivity index (χ1) is 9.61. The third-order valence-corrected chi connectivity index (χ3v) is 4.56. The van der Waals surface area contributed by atoms with Crippen molar-refractivity contribution in [3.05, 3.63) is 23.6 Å². The number of rotatable bonds is 5. The van der Waals surface area contributed by atoms with Gasteiger partial charge in [-0.2, -0.15) is 0 Å². The molecule has 2 unspecified atom stereocenters. The standard InChI is InChI=1S/C16H26N2O2/c1-12(13(2)20-3)17-16(19)9-6-10-18-11-14-7-4-5-8-15(14)18/h6,9,14-15H,4-5,7-8,10-11H2,1-3H3,(H,17,19). The number of ether oxygens (including phenoxy) is 1. The van der Waals surface area contributed by atoms with Crippen LogP contribution in [0.2, 0.25) is 0 Å². The molecule has 1 saturated carbocycles. The topological polar surface area (TPSA) is 41.6 Å². The van der Waals surface area contributed by atoms with Gasteiger partial charge in [0, 0.05) is 25.2 Å². The maximum Gasteiger partial charge on any atom is 0.247 e. The average Bonchev–Trinajstić information content (AvgIpc) is 2.42. The number of carbonyl (C=O) groups excluding carboxylic acids is 1. The van der Waals surface area contributed by atoms with Gasteiger partial charge in [-0.05, 0) is 32.6 Å². The lowest BCUT2D eigenvalue weighted by atomic mass is 9.77. The molecule has 20 heavy (non-hydrogen) atoms. The molecule has 0 radical (unpaired) electrons. The zero-order valence-electron chi connectivity index (χ0n) is 12.8. The van der Waals surface area contributed by atoms with E-state index in [4.69, 9.17) is 4.74 Å². The van der Waals surface area contributed by atoms with Gasteiger partial charge in [0.15, 0.2) is 0 Å². The Labute approximate surface area is 121 Å². The molecule has 1 saturated heterocycles. The van der Waals surface area contributed by atoms with E-state index in [1.54, 1.807) is 13.2 Å². The minimum absolute atomic E-state index is 0.0837. The Balaban J connectivity index is 1.72. The van der Waals surface area contributed by atoms with Crippen LogP contribution in [0.25, 0.3) is 0 Å². The van der Waals surface area contributed by atoms with Gasteiger partial charge in [-0.1, -0.05) is 18.9 Å². The first kappa shape index (κ1) is 15.1. The van der Waals surface area contributed by atoms with E-state index in [9.17, 15) is 4.79 Å². The summed E-state index contributed by atoms with van der Waals surface area (Å²) >= 11 is 0. The van der Waals surface area contributed by atoms with Gasteiger partial charge in [-0.15, -0.1) is 0 Å². The Morgan fingerprint density at radius 1 is 1.35 bits per heavy atom. The normalized spacial score (nSPS) is 27.6. The summed E-state index contributed by atoms with van der Waals surface area (Å²) in [4.78, 5) is 14.2. The minimum atomic E-state index is -0.0837. The molecule has 2 atom stereocenters. The SMILES string of the molecule is COC(C)=C(C)NC(=O)C=CCN1CC2CCCCC21. The second-order valence-electron chi connectivity index (χ2n) is 5.84. The second-order valence-corrected chi connectivity index (χ2v) is 5.84. The molecule has 4 heteroatoms. The van der Waals surface area contributed by atoms with Gasteiger partial charge < -0.3 is 10.1 Å². The second kappa shape index (κ2) is 6.93. The third-order valence-electron chi connectivity index (χ3n) is 4.56. The number of likely N-dealkylation sites (tertiary alicyclic amines) is 1. The van der Waals surface area contributed by atoms with Crippen molar-refractivity contribution in [2.45, 2.75) is 45.6 Å². The molecule has 0 aromatic heterocycles. The smallest absolute Gasteiger partial charge is 0.247 e. The summed E-state index contributed by atoms with van der Waals surface area (Å²) in [6.07, 6.45) is 9.09. The molecule has 1 N–H and O–H groups in total. The molecule has 4 nitrogen and oxygen atoms in total. The molecule has 0 bridgehead atoms. The number of allylic oxidation sites excluding steroid dienone is 2. The fourth-order valence-corrected chi connectivity index (χ4v) is 3.15. The molecule has 1 heterocycles. The molecular formula is C16H26N2O2. The maximum absolute atomic E-state index is 11.7. The van der Waals surface area contributed by atoms with E-state index >= 15 is 0 Å². The number of nitrogens with one attached hydrogen (secondary N) is 1. The van der Waals surface area contributed by atoms with Gasteiger partial charge in [-0.25, -0.2) is 0 Å². The van der Waals surface area contributed by atoms with Crippen LogP contribution < -0.4 is 5.32 Å². The predicted molar refractivity (Wildman–Crippen MR) is 80.0 cm³/mol. The van der Waals surface area contributed by atoms with Crippen molar-refractivity contribution in [1.29, 1.82) is 0 Å². The van der Waals surface area contributed by atoms with E-state index in [2.05, 4.69) is 10.2 Å². The van der Waals surface area contributed by atoms with Gasteiger partial charge in [0.25, 0.3) is 0 Å². The van der Waals surface area contributed by atoms with Crippen LogP contribution in [-0.2, 0) is 9.53 Å². The summed E-state index contributed by atoms with van der Waals surface area (Å²) in [7, 11) is 1.60. The number of fused-ring (bicyclic) bond motifs is 1. The molecule has 2 fully saturated rings. The van der Waals surface area contributed by atoms with Crippen molar-refractivity contribution in [2.75, 3.05) is 20.2 Å². The Hall–Kier alpha value is -1.29. The summed E-state index contributed by atoms with van der Waals surface area (Å²) < 4.78 is 5.07. The monoisotopic (exact) mass is 278 g/mol. The Morgan fingerprint density at radius 3 is 2.80 bits per heavy atom. The molecular weight excluding hydrogens is 252 g/mol. The van der Waals surface area contributed by atoms with Crippen molar-refractivity contribution in [3.8, 4) is 0 Å². The molecule has 112 valence electrons. The molecule has 0 spiro atoms. The van der Waals surface area contributed by atoms with Gasteiger partial charge >= 0.3 is 0 Å². The summed E-state index contributed by atoms with van der Waals surface area (Å²) in [5.41, 5.74) is 0.762. The van der Waals surface area contributed by atoms with Crippen LogP contribution in [0, 0.1) is 5.92 Å². The first-order valence-corrected chi connectivity index (χ1v) is 7.55. The lowest BCUT2D eigenvalue weighted by Gasteiger charge is -2.50. The summed E-state index contributed by atoms with van der Waals surface area (Å²) in [6.45, 7) is 5.77. The molecule has 1 aliphatic carbocycles. The van der Waals surface area contributed by atoms with Crippen LogP contribution in [-0.4, -0.2) is 37.0 Å². The highest BCUT2D eigenvalue weighted by atomic mass is 16.5. The Morgan fingerprint density at radius 2 is 2.10 bits per heavy atom. The van der Waals surface area contributed by atoms with Crippen molar-refractivity contribution in [1.82, 2.24) is 10.2 Å². The lowest BCUT2D eigenvalue weighted by Crippen LogP contribution is -2.57. The van der Waals surface area contributed by atoms with Crippen LogP contribution in [0.4, 0.5) is 0 Å². The summed E-state index contributed by atoms with van der Waals surface area (Å²) in [5.74, 6) is 1.57. The minimum Gasteiger partial charge on any atom is -0.500 e. The highest BCUT2D eigenvalue weighted by Gasteiger charge is 2.38. The number of amides is 1. The van der Waals surface area contributed by atoms with E-state index in [0.29, 0.717) is 0 Å². The third kappa shape index (κ3) is 3.63. The van der Waals surface area contributed by atoms with Crippen molar-refractivity contribution in [2.24, 2.45) is 5.92 Å². The molecule has 1 aliphatic heterocycles. The predicted octanol–water partition coefficient (Wildman–Crippen LogP) is 2.43. The van der Waals surface area contributed by atoms with Gasteiger partial charge in [0.1, 0.15) is 5.76 Å². The maximum atomic E-state index is 11.7. The molecule has 2 rings (SSSR count). The van der Waals surface area contributed by atoms with Crippen LogP contribution in [0.3, 0.4) is 0 Å². The average molecular weight is 278 g/mol. The Bertz CT molecular complexity index is 415.